The van der Waals surface area contributed by atoms with Crippen LogP contribution in [0, 0.1) is 0 Å². The summed E-state index contributed by atoms with van der Waals surface area (Å²) in [7, 11) is 1.61. The van der Waals surface area contributed by atoms with Crippen molar-refractivity contribution in [1.29, 1.82) is 0 Å². The highest BCUT2D eigenvalue weighted by Crippen LogP contribution is 2.30. The molecule has 1 heterocycles. The van der Waals surface area contributed by atoms with Crippen molar-refractivity contribution in [2.24, 2.45) is 5.10 Å². The Morgan fingerprint density at radius 1 is 0.865 bits per heavy atom. The average Bonchev–Trinajstić information content (AvgIpc) is 3.49. The second kappa shape index (κ2) is 10.8. The Morgan fingerprint density at radius 2 is 1.62 bits per heavy atom. The van der Waals surface area contributed by atoms with Crippen LogP contribution in [0.5, 0.6) is 11.5 Å². The van der Waals surface area contributed by atoms with Crippen molar-refractivity contribution >= 4 is 22.4 Å². The van der Waals surface area contributed by atoms with Crippen molar-refractivity contribution in [3.05, 3.63) is 126 Å². The van der Waals surface area contributed by atoms with E-state index in [0.29, 0.717) is 29.4 Å². The number of methoxy groups -OCH3 is 1. The highest BCUT2D eigenvalue weighted by Gasteiger charge is 2.13. The summed E-state index contributed by atoms with van der Waals surface area (Å²) < 4.78 is 13.6. The standard InChI is InChI=1S/C31H27N3O3/c1-22(32-33-31(35)27-14-5-6-15-28(27)34-18-7-8-19-34)24-16-17-29(30(20-24)36-2)37-21-25-12-9-11-23-10-3-4-13-26(23)25/h3-20H,21H2,1-2H3,(H,33,35)/b32-22+. The molecule has 0 aliphatic rings. The molecule has 0 spiro atoms. The summed E-state index contributed by atoms with van der Waals surface area (Å²) in [5.74, 6) is 0.943. The van der Waals surface area contributed by atoms with E-state index < -0.39 is 0 Å². The molecule has 0 fully saturated rings. The number of carbonyl (C=O) groups excluding carboxylic acids is 1. The molecule has 5 aromatic rings. The van der Waals surface area contributed by atoms with E-state index in [1.807, 2.05) is 90.6 Å². The Bertz CT molecular complexity index is 1570. The van der Waals surface area contributed by atoms with Crippen molar-refractivity contribution in [2.45, 2.75) is 13.5 Å². The van der Waals surface area contributed by atoms with Gasteiger partial charge in [0, 0.05) is 18.0 Å². The van der Waals surface area contributed by atoms with Gasteiger partial charge >= 0.3 is 0 Å². The Morgan fingerprint density at radius 3 is 2.46 bits per heavy atom. The zero-order chi connectivity index (χ0) is 25.6. The van der Waals surface area contributed by atoms with Gasteiger partial charge in [-0.1, -0.05) is 54.6 Å². The number of fused-ring (bicyclic) bond motifs is 1. The third-order valence-electron chi connectivity index (χ3n) is 6.20. The molecule has 6 nitrogen and oxygen atoms in total. The summed E-state index contributed by atoms with van der Waals surface area (Å²) in [6.45, 7) is 2.25. The minimum absolute atomic E-state index is 0.286. The Labute approximate surface area is 215 Å². The zero-order valence-corrected chi connectivity index (χ0v) is 20.7. The highest BCUT2D eigenvalue weighted by molar-refractivity contribution is 6.02. The van der Waals surface area contributed by atoms with Gasteiger partial charge < -0.3 is 14.0 Å². The average molecular weight is 490 g/mol. The molecule has 1 N–H and O–H groups in total. The van der Waals surface area contributed by atoms with Crippen LogP contribution < -0.4 is 14.9 Å². The fourth-order valence-corrected chi connectivity index (χ4v) is 4.23. The number of nitrogens with zero attached hydrogens (tertiary/aromatic N) is 2. The molecule has 0 aliphatic carbocycles. The number of aromatic nitrogens is 1. The number of hydrogen-bond donors (Lipinski definition) is 1. The first-order valence-electron chi connectivity index (χ1n) is 12.0. The topological polar surface area (TPSA) is 64.8 Å². The molecule has 37 heavy (non-hydrogen) atoms. The van der Waals surface area contributed by atoms with Gasteiger partial charge in [0.25, 0.3) is 5.91 Å². The number of amides is 1. The number of benzene rings is 4. The lowest BCUT2D eigenvalue weighted by atomic mass is 10.1. The Kier molecular flexibility index (Phi) is 6.99. The van der Waals surface area contributed by atoms with Gasteiger partial charge in [0.15, 0.2) is 11.5 Å². The molecule has 0 atom stereocenters. The molecule has 1 aromatic heterocycles. The van der Waals surface area contributed by atoms with E-state index in [1.165, 1.54) is 5.39 Å². The molecule has 1 amide bonds. The fourth-order valence-electron chi connectivity index (χ4n) is 4.23. The normalized spacial score (nSPS) is 11.4. The lowest BCUT2D eigenvalue weighted by Crippen LogP contribution is -2.21. The first-order chi connectivity index (χ1) is 18.1. The van der Waals surface area contributed by atoms with Crippen LogP contribution in [0.4, 0.5) is 0 Å². The van der Waals surface area contributed by atoms with Crippen LogP contribution in [0.25, 0.3) is 16.5 Å². The number of para-hydroxylation sites is 1. The minimum Gasteiger partial charge on any atom is -0.493 e. The van der Waals surface area contributed by atoms with Crippen LogP contribution in [0.1, 0.15) is 28.4 Å². The molecule has 0 aliphatic heterocycles. The van der Waals surface area contributed by atoms with Crippen LogP contribution in [-0.2, 0) is 6.61 Å². The first-order valence-corrected chi connectivity index (χ1v) is 12.0. The van der Waals surface area contributed by atoms with E-state index in [1.54, 1.807) is 13.2 Å². The third-order valence-corrected chi connectivity index (χ3v) is 6.20. The fraction of sp³-hybridized carbons (Fsp3) is 0.0968. The lowest BCUT2D eigenvalue weighted by molar-refractivity contribution is 0.0955. The second-order valence-corrected chi connectivity index (χ2v) is 8.54. The summed E-state index contributed by atoms with van der Waals surface area (Å²) >= 11 is 0. The van der Waals surface area contributed by atoms with Gasteiger partial charge in [0.1, 0.15) is 6.61 Å². The van der Waals surface area contributed by atoms with E-state index in [9.17, 15) is 4.79 Å². The molecule has 5 rings (SSSR count). The van der Waals surface area contributed by atoms with E-state index >= 15 is 0 Å². The zero-order valence-electron chi connectivity index (χ0n) is 20.7. The molecular weight excluding hydrogens is 462 g/mol. The van der Waals surface area contributed by atoms with E-state index in [2.05, 4.69) is 34.8 Å². The van der Waals surface area contributed by atoms with Crippen LogP contribution >= 0.6 is 0 Å². The molecule has 0 unspecified atom stereocenters. The minimum atomic E-state index is -0.286. The van der Waals surface area contributed by atoms with Crippen molar-refractivity contribution in [3.63, 3.8) is 0 Å². The smallest absolute Gasteiger partial charge is 0.273 e. The largest absolute Gasteiger partial charge is 0.493 e. The highest BCUT2D eigenvalue weighted by atomic mass is 16.5. The van der Waals surface area contributed by atoms with Crippen molar-refractivity contribution < 1.29 is 14.3 Å². The lowest BCUT2D eigenvalue weighted by Gasteiger charge is -2.14. The molecule has 6 heteroatoms. The molecule has 0 saturated carbocycles. The molecule has 4 aromatic carbocycles. The second-order valence-electron chi connectivity index (χ2n) is 8.54. The van der Waals surface area contributed by atoms with Gasteiger partial charge in [-0.3, -0.25) is 4.79 Å². The number of nitrogens with one attached hydrogen (secondary N) is 1. The van der Waals surface area contributed by atoms with Gasteiger partial charge in [-0.05, 0) is 65.7 Å². The maximum atomic E-state index is 12.9. The maximum absolute atomic E-state index is 12.9. The third kappa shape index (κ3) is 5.23. The van der Waals surface area contributed by atoms with Crippen molar-refractivity contribution in [3.8, 4) is 17.2 Å². The maximum Gasteiger partial charge on any atom is 0.273 e. The molecule has 0 radical (unpaired) electrons. The quantitative estimate of drug-likeness (QED) is 0.203. The van der Waals surface area contributed by atoms with Crippen LogP contribution in [-0.4, -0.2) is 23.3 Å². The number of hydrazone groups is 1. The first kappa shape index (κ1) is 23.9. The Hall–Kier alpha value is -4.84. The monoisotopic (exact) mass is 489 g/mol. The molecule has 0 bridgehead atoms. The molecule has 0 saturated heterocycles. The number of rotatable bonds is 8. The van der Waals surface area contributed by atoms with Crippen LogP contribution in [0.15, 0.2) is 115 Å². The predicted molar refractivity (Wildman–Crippen MR) is 147 cm³/mol. The summed E-state index contributed by atoms with van der Waals surface area (Å²) in [6.07, 6.45) is 3.80. The van der Waals surface area contributed by atoms with Crippen molar-refractivity contribution in [1.82, 2.24) is 9.99 Å². The summed E-state index contributed by atoms with van der Waals surface area (Å²) in [6, 6.07) is 31.3. The summed E-state index contributed by atoms with van der Waals surface area (Å²) in [5.41, 5.74) is 6.56. The number of ether oxygens (including phenoxy) is 2. The summed E-state index contributed by atoms with van der Waals surface area (Å²) in [5, 5.41) is 6.68. The van der Waals surface area contributed by atoms with E-state index in [4.69, 9.17) is 9.47 Å². The van der Waals surface area contributed by atoms with Gasteiger partial charge in [-0.25, -0.2) is 5.43 Å². The number of carbonyl (C=O) groups is 1. The molecular formula is C31H27N3O3. The van der Waals surface area contributed by atoms with Gasteiger partial charge in [0.05, 0.1) is 24.1 Å². The van der Waals surface area contributed by atoms with Gasteiger partial charge in [0.2, 0.25) is 0 Å². The van der Waals surface area contributed by atoms with E-state index in [-0.39, 0.29) is 5.91 Å². The Balaban J connectivity index is 1.30. The van der Waals surface area contributed by atoms with Crippen molar-refractivity contribution in [2.75, 3.05) is 7.11 Å². The molecule has 184 valence electrons. The number of hydrogen-bond acceptors (Lipinski definition) is 4. The van der Waals surface area contributed by atoms with Crippen LogP contribution in [0.3, 0.4) is 0 Å². The van der Waals surface area contributed by atoms with E-state index in [0.717, 1.165) is 22.2 Å². The van der Waals surface area contributed by atoms with Gasteiger partial charge in [-0.15, -0.1) is 0 Å². The predicted octanol–water partition coefficient (Wildman–Crippen LogP) is 6.37. The summed E-state index contributed by atoms with van der Waals surface area (Å²) in [4.78, 5) is 12.9. The van der Waals surface area contributed by atoms with Crippen LogP contribution in [0.2, 0.25) is 0 Å². The SMILES string of the molecule is COc1cc(/C(C)=N/NC(=O)c2ccccc2-n2cccc2)ccc1OCc1cccc2ccccc12. The van der Waals surface area contributed by atoms with Gasteiger partial charge in [-0.2, -0.15) is 5.10 Å².